The number of fused-ring (bicyclic) bond motifs is 1. The summed E-state index contributed by atoms with van der Waals surface area (Å²) in [5.74, 6) is 1.84. The molecule has 0 saturated carbocycles. The summed E-state index contributed by atoms with van der Waals surface area (Å²) in [6.45, 7) is 2.70. The lowest BCUT2D eigenvalue weighted by atomic mass is 9.82. The maximum atomic E-state index is 14.2. The van der Waals surface area contributed by atoms with Crippen molar-refractivity contribution < 1.29 is 18.7 Å². The largest absolute Gasteiger partial charge is 0.497 e. The third-order valence-electron chi connectivity index (χ3n) is 6.66. The van der Waals surface area contributed by atoms with Crippen LogP contribution < -0.4 is 19.3 Å². The molecule has 1 aliphatic heterocycles. The molecule has 3 aromatic rings. The van der Waals surface area contributed by atoms with Gasteiger partial charge in [0.15, 0.2) is 5.78 Å². The van der Waals surface area contributed by atoms with Crippen LogP contribution in [0.5, 0.6) is 11.5 Å². The Balaban J connectivity index is 1.34. The molecule has 1 aliphatic carbocycles. The zero-order valence-electron chi connectivity index (χ0n) is 19.3. The summed E-state index contributed by atoms with van der Waals surface area (Å²) in [5.41, 5.74) is 2.95. The number of rotatable bonds is 5. The normalized spacial score (nSPS) is 18.0. The number of carbonyl (C=O) groups is 1. The van der Waals surface area contributed by atoms with Crippen molar-refractivity contribution in [2.45, 2.75) is 18.8 Å². The highest BCUT2D eigenvalue weighted by Crippen LogP contribution is 2.38. The maximum Gasteiger partial charge on any atom is 0.225 e. The van der Waals surface area contributed by atoms with Gasteiger partial charge in [-0.2, -0.15) is 0 Å². The molecule has 1 aromatic heterocycles. The number of methoxy groups -OCH3 is 2. The molecule has 0 spiro atoms. The smallest absolute Gasteiger partial charge is 0.225 e. The Morgan fingerprint density at radius 3 is 2.47 bits per heavy atom. The van der Waals surface area contributed by atoms with E-state index in [0.29, 0.717) is 67.7 Å². The highest BCUT2D eigenvalue weighted by atomic mass is 19.1. The van der Waals surface area contributed by atoms with Gasteiger partial charge < -0.3 is 19.3 Å². The molecule has 0 N–H and O–H groups in total. The molecule has 2 aliphatic rings. The molecule has 8 heteroatoms. The van der Waals surface area contributed by atoms with Gasteiger partial charge in [-0.05, 0) is 30.2 Å². The first-order valence-electron chi connectivity index (χ1n) is 11.4. The number of ketones is 1. The molecule has 1 atom stereocenters. The van der Waals surface area contributed by atoms with Crippen LogP contribution in [0, 0.1) is 5.82 Å². The Morgan fingerprint density at radius 1 is 0.971 bits per heavy atom. The lowest BCUT2D eigenvalue weighted by molar-refractivity contribution is 0.0962. The number of carbonyl (C=O) groups excluding carboxylic acids is 1. The average molecular weight is 463 g/mol. The summed E-state index contributed by atoms with van der Waals surface area (Å²) < 4.78 is 25.0. The van der Waals surface area contributed by atoms with Gasteiger partial charge in [-0.1, -0.05) is 18.2 Å². The number of benzene rings is 2. The first-order chi connectivity index (χ1) is 16.6. The molecule has 7 nitrogen and oxygen atoms in total. The zero-order valence-corrected chi connectivity index (χ0v) is 19.3. The molecule has 0 radical (unpaired) electrons. The van der Waals surface area contributed by atoms with E-state index in [1.54, 1.807) is 32.5 Å². The van der Waals surface area contributed by atoms with Crippen molar-refractivity contribution in [3.05, 3.63) is 71.3 Å². The molecule has 0 unspecified atom stereocenters. The van der Waals surface area contributed by atoms with Crippen molar-refractivity contribution in [3.63, 3.8) is 0 Å². The number of piperazine rings is 1. The fourth-order valence-corrected chi connectivity index (χ4v) is 4.82. The second-order valence-corrected chi connectivity index (χ2v) is 8.59. The minimum Gasteiger partial charge on any atom is -0.497 e. The first kappa shape index (κ1) is 22.1. The second kappa shape index (κ2) is 9.29. The first-order valence-corrected chi connectivity index (χ1v) is 11.4. The van der Waals surface area contributed by atoms with Crippen molar-refractivity contribution in [3.8, 4) is 11.5 Å². The molecule has 34 heavy (non-hydrogen) atoms. The zero-order chi connectivity index (χ0) is 23.7. The van der Waals surface area contributed by atoms with E-state index < -0.39 is 0 Å². The molecule has 5 rings (SSSR count). The molecular weight excluding hydrogens is 435 g/mol. The van der Waals surface area contributed by atoms with Crippen molar-refractivity contribution in [2.75, 3.05) is 50.2 Å². The van der Waals surface area contributed by atoms with Crippen LogP contribution in [0.15, 0.2) is 48.7 Å². The van der Waals surface area contributed by atoms with Gasteiger partial charge in [0.25, 0.3) is 0 Å². The van der Waals surface area contributed by atoms with Crippen LogP contribution in [0.4, 0.5) is 16.0 Å². The second-order valence-electron chi connectivity index (χ2n) is 8.59. The summed E-state index contributed by atoms with van der Waals surface area (Å²) in [4.78, 5) is 26.3. The van der Waals surface area contributed by atoms with Gasteiger partial charge in [0.1, 0.15) is 17.3 Å². The molecule has 2 heterocycles. The third kappa shape index (κ3) is 4.16. The van der Waals surface area contributed by atoms with Crippen molar-refractivity contribution in [1.82, 2.24) is 9.97 Å². The topological polar surface area (TPSA) is 67.8 Å². The monoisotopic (exact) mass is 462 g/mol. The minimum absolute atomic E-state index is 0.0264. The van der Waals surface area contributed by atoms with Crippen LogP contribution >= 0.6 is 0 Å². The Labute approximate surface area is 198 Å². The lowest BCUT2D eigenvalue weighted by Gasteiger charge is -2.36. The van der Waals surface area contributed by atoms with E-state index in [1.807, 2.05) is 29.2 Å². The van der Waals surface area contributed by atoms with Gasteiger partial charge in [-0.15, -0.1) is 0 Å². The van der Waals surface area contributed by atoms with Gasteiger partial charge >= 0.3 is 0 Å². The number of anilines is 2. The standard InChI is InChI=1S/C26H27FN4O3/c1-33-18-7-8-19(25(15-18)34-2)17-13-22-20(24(32)14-17)16-28-26(29-22)31-11-9-30(10-12-31)23-6-4-3-5-21(23)27/h3-8,15-17H,9-14H2,1-2H3/t17-/m0/s1. The molecule has 0 amide bonds. The maximum absolute atomic E-state index is 14.2. The number of para-hydroxylation sites is 1. The Kier molecular flexibility index (Phi) is 6.04. The van der Waals surface area contributed by atoms with Crippen LogP contribution in [-0.4, -0.2) is 56.1 Å². The SMILES string of the molecule is COc1ccc([C@@H]2CC(=O)c3cnc(N4CCN(c5ccccc5F)CC4)nc3C2)c(OC)c1. The minimum atomic E-state index is -0.209. The van der Waals surface area contributed by atoms with E-state index in [2.05, 4.69) is 9.88 Å². The number of aromatic nitrogens is 2. The van der Waals surface area contributed by atoms with Crippen molar-refractivity contribution >= 4 is 17.4 Å². The Hall–Kier alpha value is -3.68. The summed E-state index contributed by atoms with van der Waals surface area (Å²) in [5, 5.41) is 0. The van der Waals surface area contributed by atoms with Gasteiger partial charge in [0.05, 0.1) is 31.2 Å². The molecule has 176 valence electrons. The Morgan fingerprint density at radius 2 is 1.74 bits per heavy atom. The number of hydrogen-bond acceptors (Lipinski definition) is 7. The van der Waals surface area contributed by atoms with E-state index in [4.69, 9.17) is 14.5 Å². The quantitative estimate of drug-likeness (QED) is 0.570. The number of halogens is 1. The van der Waals surface area contributed by atoms with E-state index in [1.165, 1.54) is 6.07 Å². The summed E-state index contributed by atoms with van der Waals surface area (Å²) in [6, 6.07) is 12.5. The van der Waals surface area contributed by atoms with Crippen LogP contribution in [0.25, 0.3) is 0 Å². The van der Waals surface area contributed by atoms with Gasteiger partial charge in [0.2, 0.25) is 5.95 Å². The molecule has 2 aromatic carbocycles. The molecule has 0 bridgehead atoms. The lowest BCUT2D eigenvalue weighted by Crippen LogP contribution is -2.47. The van der Waals surface area contributed by atoms with Crippen LogP contribution in [0.2, 0.25) is 0 Å². The summed E-state index contributed by atoms with van der Waals surface area (Å²) in [6.07, 6.45) is 2.68. The highest BCUT2D eigenvalue weighted by Gasteiger charge is 2.31. The number of Topliss-reactive ketones (excluding diaryl/α,β-unsaturated/α-hetero) is 1. The van der Waals surface area contributed by atoms with Crippen LogP contribution in [0.3, 0.4) is 0 Å². The number of ether oxygens (including phenoxy) is 2. The fourth-order valence-electron chi connectivity index (χ4n) is 4.82. The Bertz CT molecular complexity index is 1210. The number of nitrogens with zero attached hydrogens (tertiary/aromatic N) is 4. The third-order valence-corrected chi connectivity index (χ3v) is 6.66. The highest BCUT2D eigenvalue weighted by molar-refractivity contribution is 5.98. The average Bonchev–Trinajstić information content (AvgIpc) is 2.88. The summed E-state index contributed by atoms with van der Waals surface area (Å²) >= 11 is 0. The molecule has 1 fully saturated rings. The van der Waals surface area contributed by atoms with E-state index in [-0.39, 0.29) is 17.5 Å². The number of hydrogen-bond donors (Lipinski definition) is 0. The predicted molar refractivity (Wildman–Crippen MR) is 128 cm³/mol. The van der Waals surface area contributed by atoms with E-state index >= 15 is 0 Å². The van der Waals surface area contributed by atoms with E-state index in [0.717, 1.165) is 11.3 Å². The van der Waals surface area contributed by atoms with Gasteiger partial charge in [0, 0.05) is 50.8 Å². The van der Waals surface area contributed by atoms with Crippen LogP contribution in [0.1, 0.15) is 34.0 Å². The van der Waals surface area contributed by atoms with Crippen molar-refractivity contribution in [2.24, 2.45) is 0 Å². The molecule has 1 saturated heterocycles. The van der Waals surface area contributed by atoms with Crippen LogP contribution in [-0.2, 0) is 6.42 Å². The van der Waals surface area contributed by atoms with Gasteiger partial charge in [-0.3, -0.25) is 4.79 Å². The van der Waals surface area contributed by atoms with Crippen molar-refractivity contribution in [1.29, 1.82) is 0 Å². The fraction of sp³-hybridized carbons (Fsp3) is 0.346. The predicted octanol–water partition coefficient (Wildman–Crippen LogP) is 3.87. The van der Waals surface area contributed by atoms with Gasteiger partial charge in [-0.25, -0.2) is 14.4 Å². The molecular formula is C26H27FN4O3. The van der Waals surface area contributed by atoms with E-state index in [9.17, 15) is 9.18 Å². The summed E-state index contributed by atoms with van der Waals surface area (Å²) in [7, 11) is 3.24.